The predicted octanol–water partition coefficient (Wildman–Crippen LogP) is 3.98. The number of nitrogens with zero attached hydrogens (tertiary/aromatic N) is 2. The molecule has 0 N–H and O–H groups in total. The minimum Gasteiger partial charge on any atom is -0.361 e. The van der Waals surface area contributed by atoms with Crippen molar-refractivity contribution in [3.63, 3.8) is 0 Å². The normalized spacial score (nSPS) is 24.6. The summed E-state index contributed by atoms with van der Waals surface area (Å²) in [6, 6.07) is 0.814. The van der Waals surface area contributed by atoms with Gasteiger partial charge in [-0.3, -0.25) is 9.59 Å². The lowest BCUT2D eigenvalue weighted by Crippen LogP contribution is -2.55. The number of amides is 3. The average Bonchev–Trinajstić information content (AvgIpc) is 2.83. The highest BCUT2D eigenvalue weighted by Crippen LogP contribution is 2.44. The Kier molecular flexibility index (Phi) is 6.85. The summed E-state index contributed by atoms with van der Waals surface area (Å²) >= 11 is 1.85. The maximum atomic E-state index is 13.4. The molecule has 3 amide bonds. The number of hydrogen-bond donors (Lipinski definition) is 0. The molecule has 8 heteroatoms. The van der Waals surface area contributed by atoms with Crippen LogP contribution in [0.1, 0.15) is 45.4 Å². The molecule has 1 saturated carbocycles. The number of carbonyl (C=O) groups is 3. The van der Waals surface area contributed by atoms with Crippen molar-refractivity contribution in [1.29, 1.82) is 0 Å². The molecular weight excluding hydrogens is 404 g/mol. The second kappa shape index (κ2) is 8.71. The molecule has 0 aromatic carbocycles. The fourth-order valence-electron chi connectivity index (χ4n) is 4.51. The van der Waals surface area contributed by atoms with Gasteiger partial charge in [0.15, 0.2) is 0 Å². The molecule has 6 nitrogen and oxygen atoms in total. The molecule has 29 heavy (non-hydrogen) atoms. The molecule has 0 unspecified atom stereocenters. The largest absolute Gasteiger partial charge is 0.361 e. The van der Waals surface area contributed by atoms with Gasteiger partial charge in [-0.25, -0.2) is 9.69 Å². The van der Waals surface area contributed by atoms with Crippen molar-refractivity contribution in [2.75, 3.05) is 31.4 Å². The van der Waals surface area contributed by atoms with Gasteiger partial charge in [-0.2, -0.15) is 11.8 Å². The van der Waals surface area contributed by atoms with E-state index in [9.17, 15) is 14.4 Å². The van der Waals surface area contributed by atoms with Gasteiger partial charge in [0, 0.05) is 34.1 Å². The lowest BCUT2D eigenvalue weighted by molar-refractivity contribution is -0.137. The Morgan fingerprint density at radius 3 is 2.24 bits per heavy atom. The molecule has 0 aromatic heterocycles. The molecule has 0 bridgehead atoms. The molecule has 1 spiro atoms. The Morgan fingerprint density at radius 1 is 1.03 bits per heavy atom. The first-order valence-electron chi connectivity index (χ1n) is 10.9. The summed E-state index contributed by atoms with van der Waals surface area (Å²) < 4.78 is 5.79. The Balaban J connectivity index is 1.73. The molecule has 164 valence electrons. The van der Waals surface area contributed by atoms with E-state index in [1.54, 1.807) is 0 Å². The molecular formula is C21H36N2O4SSi. The Hall–Kier alpha value is -0.863. The summed E-state index contributed by atoms with van der Waals surface area (Å²) in [5, 5.41) is 0. The van der Waals surface area contributed by atoms with Crippen LogP contribution in [0, 0.1) is 5.41 Å². The van der Waals surface area contributed by atoms with Crippen molar-refractivity contribution < 1.29 is 19.1 Å². The van der Waals surface area contributed by atoms with Crippen molar-refractivity contribution in [3.05, 3.63) is 0 Å². The highest BCUT2D eigenvalue weighted by Gasteiger charge is 2.58. The molecule has 3 fully saturated rings. The van der Waals surface area contributed by atoms with Gasteiger partial charge in [-0.05, 0) is 48.6 Å². The smallest absolute Gasteiger partial charge is 0.329 e. The van der Waals surface area contributed by atoms with Gasteiger partial charge in [-0.15, -0.1) is 0 Å². The molecule has 1 aliphatic carbocycles. The molecule has 0 aromatic rings. The van der Waals surface area contributed by atoms with E-state index in [1.165, 1.54) is 4.90 Å². The van der Waals surface area contributed by atoms with Crippen LogP contribution in [0.3, 0.4) is 0 Å². The van der Waals surface area contributed by atoms with Gasteiger partial charge in [0.05, 0.1) is 0 Å². The summed E-state index contributed by atoms with van der Waals surface area (Å²) in [7, 11) is -1.22. The number of Topliss-reactive ketones (excluding diaryl/α,β-unsaturated/α-hetero) is 1. The third-order valence-corrected chi connectivity index (χ3v) is 9.40. The lowest BCUT2D eigenvalue weighted by Gasteiger charge is -2.43. The molecule has 3 aliphatic rings. The zero-order valence-corrected chi connectivity index (χ0v) is 20.2. The quantitative estimate of drug-likeness (QED) is 0.340. The summed E-state index contributed by atoms with van der Waals surface area (Å²) in [6.45, 7) is 10.2. The number of ether oxygens (including phenoxy) is 1. The van der Waals surface area contributed by atoms with Crippen molar-refractivity contribution in [1.82, 2.24) is 9.80 Å². The monoisotopic (exact) mass is 440 g/mol. The van der Waals surface area contributed by atoms with Gasteiger partial charge in [-0.1, -0.05) is 26.6 Å². The fourth-order valence-corrected chi connectivity index (χ4v) is 6.44. The van der Waals surface area contributed by atoms with Crippen molar-refractivity contribution in [3.8, 4) is 0 Å². The van der Waals surface area contributed by atoms with E-state index in [0.29, 0.717) is 44.6 Å². The third kappa shape index (κ3) is 5.07. The zero-order chi connectivity index (χ0) is 21.3. The molecule has 0 radical (unpaired) electrons. The molecule has 0 atom stereocenters. The number of urea groups is 1. The SMILES string of the molecule is CC1(CN2C(=O)N(COCC[Si](C)(C)C)C(=O)C23CCSCC3)CCC(=O)CC1. The Morgan fingerprint density at radius 2 is 1.66 bits per heavy atom. The van der Waals surface area contributed by atoms with E-state index in [2.05, 4.69) is 26.6 Å². The van der Waals surface area contributed by atoms with E-state index < -0.39 is 13.6 Å². The number of hydrogen-bond acceptors (Lipinski definition) is 5. The highest BCUT2D eigenvalue weighted by molar-refractivity contribution is 7.99. The Labute approximate surface area is 180 Å². The zero-order valence-electron chi connectivity index (χ0n) is 18.4. The van der Waals surface area contributed by atoms with E-state index in [-0.39, 0.29) is 24.1 Å². The van der Waals surface area contributed by atoms with Gasteiger partial charge in [0.25, 0.3) is 5.91 Å². The molecule has 2 saturated heterocycles. The third-order valence-electron chi connectivity index (χ3n) is 6.71. The first-order chi connectivity index (χ1) is 13.6. The van der Waals surface area contributed by atoms with Crippen molar-refractivity contribution in [2.45, 2.75) is 76.7 Å². The fraction of sp³-hybridized carbons (Fsp3) is 0.857. The first-order valence-corrected chi connectivity index (χ1v) is 15.7. The molecule has 2 aliphatic heterocycles. The van der Waals surface area contributed by atoms with Crippen LogP contribution in [-0.2, 0) is 14.3 Å². The second-order valence-corrected chi connectivity index (χ2v) is 17.3. The topological polar surface area (TPSA) is 66.9 Å². The van der Waals surface area contributed by atoms with E-state index in [4.69, 9.17) is 4.74 Å². The number of thioether (sulfide) groups is 1. The Bertz CT molecular complexity index is 648. The number of ketones is 1. The van der Waals surface area contributed by atoms with Crippen molar-refractivity contribution >= 4 is 37.6 Å². The lowest BCUT2D eigenvalue weighted by atomic mass is 9.74. The van der Waals surface area contributed by atoms with Crippen LogP contribution in [0.5, 0.6) is 0 Å². The van der Waals surface area contributed by atoms with E-state index >= 15 is 0 Å². The average molecular weight is 441 g/mol. The standard InChI is InChI=1S/C21H36N2O4SSi/c1-20(7-5-17(24)6-8-20)15-23-19(26)22(16-27-11-14-29(2,3)4)18(25)21(23)9-12-28-13-10-21/h5-16H2,1-4H3. The van der Waals surface area contributed by atoms with Crippen LogP contribution in [0.2, 0.25) is 25.7 Å². The number of carbonyl (C=O) groups excluding carboxylic acids is 3. The van der Waals surface area contributed by atoms with Crippen LogP contribution in [0.25, 0.3) is 0 Å². The van der Waals surface area contributed by atoms with Gasteiger partial charge in [0.1, 0.15) is 18.1 Å². The van der Waals surface area contributed by atoms with Gasteiger partial charge in [0.2, 0.25) is 0 Å². The summed E-state index contributed by atoms with van der Waals surface area (Å²) in [4.78, 5) is 41.7. The minimum atomic E-state index is -1.22. The van der Waals surface area contributed by atoms with E-state index in [1.807, 2.05) is 16.7 Å². The van der Waals surface area contributed by atoms with Crippen molar-refractivity contribution in [2.24, 2.45) is 5.41 Å². The first kappa shape index (κ1) is 22.8. The summed E-state index contributed by atoms with van der Waals surface area (Å²) in [6.07, 6.45) is 4.17. The van der Waals surface area contributed by atoms with Crippen LogP contribution in [0.4, 0.5) is 4.79 Å². The minimum absolute atomic E-state index is 0.0583. The maximum absolute atomic E-state index is 13.4. The van der Waals surface area contributed by atoms with Gasteiger partial charge >= 0.3 is 6.03 Å². The van der Waals surface area contributed by atoms with Crippen LogP contribution < -0.4 is 0 Å². The summed E-state index contributed by atoms with van der Waals surface area (Å²) in [5.41, 5.74) is -0.814. The second-order valence-electron chi connectivity index (χ2n) is 10.4. The maximum Gasteiger partial charge on any atom is 0.329 e. The number of rotatable bonds is 7. The molecule has 3 rings (SSSR count). The van der Waals surface area contributed by atoms with Crippen LogP contribution in [0.15, 0.2) is 0 Å². The summed E-state index contributed by atoms with van der Waals surface area (Å²) in [5.74, 6) is 2.03. The highest BCUT2D eigenvalue weighted by atomic mass is 32.2. The van der Waals surface area contributed by atoms with Gasteiger partial charge < -0.3 is 9.64 Å². The predicted molar refractivity (Wildman–Crippen MR) is 119 cm³/mol. The van der Waals surface area contributed by atoms with Crippen LogP contribution in [-0.4, -0.2) is 72.5 Å². The van der Waals surface area contributed by atoms with Crippen LogP contribution >= 0.6 is 11.8 Å². The van der Waals surface area contributed by atoms with E-state index in [0.717, 1.165) is 30.4 Å². The number of imide groups is 1. The molecule has 2 heterocycles.